The van der Waals surface area contributed by atoms with E-state index in [4.69, 9.17) is 14.9 Å². The number of carboxylic acid groups (broad SMARTS) is 1. The minimum atomic E-state index is -3.91. The number of aromatic carboxylic acids is 1. The first-order chi connectivity index (χ1) is 10.8. The van der Waals surface area contributed by atoms with E-state index in [2.05, 4.69) is 10.0 Å². The van der Waals surface area contributed by atoms with Crippen molar-refractivity contribution in [3.63, 3.8) is 0 Å². The zero-order chi connectivity index (χ0) is 17.5. The number of aliphatic hydroxyl groups is 1. The lowest BCUT2D eigenvalue weighted by Gasteiger charge is -2.18. The van der Waals surface area contributed by atoms with Crippen LogP contribution in [0.4, 0.5) is 5.69 Å². The van der Waals surface area contributed by atoms with E-state index in [1.807, 2.05) is 6.92 Å². The van der Waals surface area contributed by atoms with Gasteiger partial charge in [-0.05, 0) is 31.5 Å². The average molecular weight is 346 g/mol. The number of hydrogen-bond acceptors (Lipinski definition) is 6. The molecule has 0 fully saturated rings. The minimum absolute atomic E-state index is 0.0587. The van der Waals surface area contributed by atoms with E-state index in [1.165, 1.54) is 19.2 Å². The van der Waals surface area contributed by atoms with Crippen LogP contribution in [0.2, 0.25) is 0 Å². The van der Waals surface area contributed by atoms with E-state index in [1.54, 1.807) is 0 Å². The Morgan fingerprint density at radius 2 is 2.09 bits per heavy atom. The highest BCUT2D eigenvalue weighted by molar-refractivity contribution is 7.89. The van der Waals surface area contributed by atoms with Crippen LogP contribution in [0.5, 0.6) is 0 Å². The maximum Gasteiger partial charge on any atom is 0.335 e. The SMILES string of the molecule is COCC(C)Nc1ccc(C(=O)O)cc1S(=O)(=O)NCCCO. The number of carboxylic acids is 1. The summed E-state index contributed by atoms with van der Waals surface area (Å²) in [5.41, 5.74) is 0.161. The Labute approximate surface area is 135 Å². The van der Waals surface area contributed by atoms with Gasteiger partial charge in [-0.15, -0.1) is 0 Å². The van der Waals surface area contributed by atoms with E-state index in [-0.39, 0.29) is 41.8 Å². The van der Waals surface area contributed by atoms with E-state index in [0.717, 1.165) is 6.07 Å². The maximum absolute atomic E-state index is 12.4. The molecule has 1 aromatic carbocycles. The molecule has 0 saturated carbocycles. The van der Waals surface area contributed by atoms with Crippen molar-refractivity contribution >= 4 is 21.7 Å². The second-order valence-electron chi connectivity index (χ2n) is 4.99. The summed E-state index contributed by atoms with van der Waals surface area (Å²) in [5, 5.41) is 20.8. The van der Waals surface area contributed by atoms with Crippen molar-refractivity contribution < 1.29 is 28.2 Å². The van der Waals surface area contributed by atoms with Crippen LogP contribution in [0.1, 0.15) is 23.7 Å². The predicted octanol–water partition coefficient (Wildman–Crippen LogP) is 0.492. The van der Waals surface area contributed by atoms with Crippen molar-refractivity contribution in [1.82, 2.24) is 4.72 Å². The summed E-state index contributed by atoms with van der Waals surface area (Å²) < 4.78 is 32.1. The summed E-state index contributed by atoms with van der Waals surface area (Å²) in [6.45, 7) is 2.08. The average Bonchev–Trinajstić information content (AvgIpc) is 2.47. The van der Waals surface area contributed by atoms with Crippen LogP contribution in [-0.2, 0) is 14.8 Å². The first-order valence-corrected chi connectivity index (χ1v) is 8.53. The first-order valence-electron chi connectivity index (χ1n) is 7.05. The molecule has 1 atom stereocenters. The minimum Gasteiger partial charge on any atom is -0.478 e. The van der Waals surface area contributed by atoms with Crippen molar-refractivity contribution in [2.45, 2.75) is 24.3 Å². The second kappa shape index (κ2) is 8.82. The number of sulfonamides is 1. The standard InChI is InChI=1S/C14H22N2O6S/c1-10(9-22-2)16-12-5-4-11(14(18)19)8-13(12)23(20,21)15-6-3-7-17/h4-5,8,10,15-17H,3,6-7,9H2,1-2H3,(H,18,19). The van der Waals surface area contributed by atoms with Gasteiger partial charge in [0, 0.05) is 26.3 Å². The third kappa shape index (κ3) is 5.79. The highest BCUT2D eigenvalue weighted by atomic mass is 32.2. The lowest BCUT2D eigenvalue weighted by Crippen LogP contribution is -2.28. The Morgan fingerprint density at radius 3 is 2.65 bits per heavy atom. The van der Waals surface area contributed by atoms with Gasteiger partial charge >= 0.3 is 5.97 Å². The van der Waals surface area contributed by atoms with Gasteiger partial charge in [-0.2, -0.15) is 0 Å². The molecule has 1 rings (SSSR count). The molecule has 0 aromatic heterocycles. The summed E-state index contributed by atoms with van der Waals surface area (Å²) >= 11 is 0. The number of anilines is 1. The summed E-state index contributed by atoms with van der Waals surface area (Å²) in [6, 6.07) is 3.68. The molecular formula is C14H22N2O6S. The van der Waals surface area contributed by atoms with Crippen LogP contribution in [0.3, 0.4) is 0 Å². The molecule has 0 radical (unpaired) electrons. The van der Waals surface area contributed by atoms with Crippen LogP contribution in [0.15, 0.2) is 23.1 Å². The van der Waals surface area contributed by atoms with Crippen molar-refractivity contribution in [3.8, 4) is 0 Å². The molecule has 1 aromatic rings. The number of rotatable bonds is 10. The molecule has 0 amide bonds. The summed E-state index contributed by atoms with van der Waals surface area (Å²) in [6.07, 6.45) is 0.265. The number of hydrogen-bond donors (Lipinski definition) is 4. The van der Waals surface area contributed by atoms with Gasteiger partial charge in [0.15, 0.2) is 0 Å². The van der Waals surface area contributed by atoms with Gasteiger partial charge in [0.25, 0.3) is 0 Å². The lowest BCUT2D eigenvalue weighted by molar-refractivity contribution is 0.0696. The highest BCUT2D eigenvalue weighted by Gasteiger charge is 2.21. The molecular weight excluding hydrogens is 324 g/mol. The molecule has 0 aliphatic carbocycles. The van der Waals surface area contributed by atoms with Crippen molar-refractivity contribution in [1.29, 1.82) is 0 Å². The summed E-state index contributed by atoms with van der Waals surface area (Å²) in [7, 11) is -2.38. The largest absolute Gasteiger partial charge is 0.478 e. The Balaban J connectivity index is 3.17. The zero-order valence-corrected chi connectivity index (χ0v) is 13.9. The molecule has 0 bridgehead atoms. The Hall–Kier alpha value is -1.68. The number of methoxy groups -OCH3 is 1. The van der Waals surface area contributed by atoms with Gasteiger partial charge < -0.3 is 20.3 Å². The quantitative estimate of drug-likeness (QED) is 0.454. The van der Waals surface area contributed by atoms with Crippen LogP contribution >= 0.6 is 0 Å². The third-order valence-corrected chi connectivity index (χ3v) is 4.46. The molecule has 9 heteroatoms. The van der Waals surface area contributed by atoms with E-state index < -0.39 is 16.0 Å². The van der Waals surface area contributed by atoms with E-state index in [0.29, 0.717) is 6.61 Å². The molecule has 0 aliphatic heterocycles. The van der Waals surface area contributed by atoms with Gasteiger partial charge in [0.05, 0.1) is 17.9 Å². The fourth-order valence-electron chi connectivity index (χ4n) is 1.92. The van der Waals surface area contributed by atoms with Crippen molar-refractivity contribution in [3.05, 3.63) is 23.8 Å². The Morgan fingerprint density at radius 1 is 1.39 bits per heavy atom. The first kappa shape index (κ1) is 19.4. The zero-order valence-electron chi connectivity index (χ0n) is 13.1. The number of nitrogens with one attached hydrogen (secondary N) is 2. The third-order valence-electron chi connectivity index (χ3n) is 2.96. The molecule has 8 nitrogen and oxygen atoms in total. The normalized spacial score (nSPS) is 12.8. The second-order valence-corrected chi connectivity index (χ2v) is 6.73. The van der Waals surface area contributed by atoms with Crippen molar-refractivity contribution in [2.75, 3.05) is 32.2 Å². The summed E-state index contributed by atoms with van der Waals surface area (Å²) in [4.78, 5) is 10.9. The number of ether oxygens (including phenoxy) is 1. The van der Waals surface area contributed by atoms with Gasteiger partial charge in [-0.3, -0.25) is 0 Å². The summed E-state index contributed by atoms with van der Waals surface area (Å²) in [5.74, 6) is -1.21. The van der Waals surface area contributed by atoms with Gasteiger partial charge in [0.1, 0.15) is 4.90 Å². The molecule has 1 unspecified atom stereocenters. The topological polar surface area (TPSA) is 125 Å². The molecule has 4 N–H and O–H groups in total. The monoisotopic (exact) mass is 346 g/mol. The van der Waals surface area contributed by atoms with Crippen LogP contribution in [0, 0.1) is 0 Å². The molecule has 0 heterocycles. The number of benzene rings is 1. The molecule has 0 spiro atoms. The van der Waals surface area contributed by atoms with Gasteiger partial charge in [-0.1, -0.05) is 0 Å². The van der Waals surface area contributed by atoms with E-state index in [9.17, 15) is 13.2 Å². The van der Waals surface area contributed by atoms with Crippen LogP contribution < -0.4 is 10.0 Å². The molecule has 23 heavy (non-hydrogen) atoms. The molecule has 0 aliphatic rings. The van der Waals surface area contributed by atoms with Gasteiger partial charge in [0.2, 0.25) is 10.0 Å². The Kier molecular flexibility index (Phi) is 7.43. The fraction of sp³-hybridized carbons (Fsp3) is 0.500. The lowest BCUT2D eigenvalue weighted by atomic mass is 10.2. The predicted molar refractivity (Wildman–Crippen MR) is 85.3 cm³/mol. The number of carbonyl (C=O) groups is 1. The van der Waals surface area contributed by atoms with Gasteiger partial charge in [-0.25, -0.2) is 17.9 Å². The smallest absolute Gasteiger partial charge is 0.335 e. The van der Waals surface area contributed by atoms with Crippen LogP contribution in [0.25, 0.3) is 0 Å². The van der Waals surface area contributed by atoms with Crippen LogP contribution in [-0.4, -0.2) is 57.5 Å². The molecule has 130 valence electrons. The number of aliphatic hydroxyl groups excluding tert-OH is 1. The fourth-order valence-corrected chi connectivity index (χ4v) is 3.18. The highest BCUT2D eigenvalue weighted by Crippen LogP contribution is 2.24. The maximum atomic E-state index is 12.4. The van der Waals surface area contributed by atoms with Crippen molar-refractivity contribution in [2.24, 2.45) is 0 Å². The Bertz CT molecular complexity index is 632. The van der Waals surface area contributed by atoms with E-state index >= 15 is 0 Å². The molecule has 0 saturated heterocycles.